The summed E-state index contributed by atoms with van der Waals surface area (Å²) in [5.74, 6) is 0.197. The average molecular weight is 299 g/mol. The lowest BCUT2D eigenvalue weighted by atomic mass is 10.1. The zero-order valence-electron chi connectivity index (χ0n) is 12.6. The Morgan fingerprint density at radius 1 is 1.09 bits per heavy atom. The van der Waals surface area contributed by atoms with Crippen molar-refractivity contribution in [2.75, 3.05) is 19.6 Å². The number of imide groups is 1. The molecule has 0 aliphatic carbocycles. The van der Waals surface area contributed by atoms with E-state index in [9.17, 15) is 9.59 Å². The third-order valence-electron chi connectivity index (χ3n) is 4.34. The molecule has 1 aromatic carbocycles. The molecule has 0 saturated carbocycles. The Hall–Kier alpha value is -2.30. The van der Waals surface area contributed by atoms with Crippen molar-refractivity contribution in [2.45, 2.75) is 25.7 Å². The molecule has 5 heteroatoms. The highest BCUT2D eigenvalue weighted by molar-refractivity contribution is 6.07. The molecular formula is C17H21N3O2. The van der Waals surface area contributed by atoms with Gasteiger partial charge in [-0.25, -0.2) is 0 Å². The van der Waals surface area contributed by atoms with Crippen LogP contribution >= 0.6 is 0 Å². The number of hydrogen-bond acceptors (Lipinski definition) is 4. The zero-order chi connectivity index (χ0) is 15.5. The lowest BCUT2D eigenvalue weighted by Crippen LogP contribution is -2.35. The molecule has 2 amide bonds. The first kappa shape index (κ1) is 14.6. The second kappa shape index (κ2) is 6.22. The molecule has 2 saturated heterocycles. The van der Waals surface area contributed by atoms with E-state index < -0.39 is 0 Å². The minimum absolute atomic E-state index is 0.152. The van der Waals surface area contributed by atoms with Crippen LogP contribution in [0.15, 0.2) is 41.7 Å². The van der Waals surface area contributed by atoms with Crippen molar-refractivity contribution in [1.29, 1.82) is 0 Å². The summed E-state index contributed by atoms with van der Waals surface area (Å²) in [4.78, 5) is 28.2. The maximum absolute atomic E-state index is 12.5. The molecular weight excluding hydrogens is 278 g/mol. The fourth-order valence-corrected chi connectivity index (χ4v) is 3.09. The topological polar surface area (TPSA) is 66.6 Å². The molecule has 0 atom stereocenters. The average Bonchev–Trinajstić information content (AvgIpc) is 3.17. The van der Waals surface area contributed by atoms with E-state index in [2.05, 4.69) is 4.90 Å². The van der Waals surface area contributed by atoms with Gasteiger partial charge in [-0.1, -0.05) is 30.3 Å². The van der Waals surface area contributed by atoms with E-state index in [-0.39, 0.29) is 18.2 Å². The van der Waals surface area contributed by atoms with Gasteiger partial charge < -0.3 is 10.6 Å². The van der Waals surface area contributed by atoms with Crippen LogP contribution < -0.4 is 5.73 Å². The van der Waals surface area contributed by atoms with Gasteiger partial charge in [0.1, 0.15) is 5.82 Å². The molecule has 2 aliphatic rings. The van der Waals surface area contributed by atoms with E-state index in [0.717, 1.165) is 31.5 Å². The number of likely N-dealkylation sites (tertiary alicyclic amines) is 2. The number of carbonyl (C=O) groups excluding carboxylic acids is 2. The maximum atomic E-state index is 12.5. The van der Waals surface area contributed by atoms with Gasteiger partial charge >= 0.3 is 0 Å². The van der Waals surface area contributed by atoms with Crippen LogP contribution in [0.5, 0.6) is 0 Å². The standard InChI is InChI=1S/C17H21N3O2/c18-16(19-9-4-5-10-19)14-8-11-20(17(14)22)15(21)12-13-6-2-1-3-7-13/h1-3,6-7H,4-5,8-12,18H2/b16-14+. The molecule has 2 aliphatic heterocycles. The molecule has 0 spiro atoms. The van der Waals surface area contributed by atoms with Gasteiger partial charge in [-0.15, -0.1) is 0 Å². The van der Waals surface area contributed by atoms with Crippen molar-refractivity contribution in [3.05, 3.63) is 47.3 Å². The number of nitrogens with two attached hydrogens (primary N) is 1. The first-order valence-electron chi connectivity index (χ1n) is 7.79. The van der Waals surface area contributed by atoms with Crippen LogP contribution in [-0.4, -0.2) is 41.2 Å². The maximum Gasteiger partial charge on any atom is 0.260 e. The van der Waals surface area contributed by atoms with Crippen LogP contribution in [0, 0.1) is 0 Å². The van der Waals surface area contributed by atoms with E-state index in [4.69, 9.17) is 5.73 Å². The smallest absolute Gasteiger partial charge is 0.260 e. The second-order valence-electron chi connectivity index (χ2n) is 5.82. The van der Waals surface area contributed by atoms with E-state index in [0.29, 0.717) is 24.4 Å². The fraction of sp³-hybridized carbons (Fsp3) is 0.412. The number of benzene rings is 1. The fourth-order valence-electron chi connectivity index (χ4n) is 3.09. The van der Waals surface area contributed by atoms with Crippen molar-refractivity contribution < 1.29 is 9.59 Å². The zero-order valence-corrected chi connectivity index (χ0v) is 12.6. The van der Waals surface area contributed by atoms with Crippen LogP contribution in [0.1, 0.15) is 24.8 Å². The van der Waals surface area contributed by atoms with E-state index in [1.54, 1.807) is 0 Å². The summed E-state index contributed by atoms with van der Waals surface area (Å²) < 4.78 is 0. The van der Waals surface area contributed by atoms with Gasteiger partial charge in [-0.05, 0) is 24.8 Å². The molecule has 5 nitrogen and oxygen atoms in total. The highest BCUT2D eigenvalue weighted by atomic mass is 16.2. The number of carbonyl (C=O) groups is 2. The Labute approximate surface area is 130 Å². The third-order valence-corrected chi connectivity index (χ3v) is 4.34. The summed E-state index contributed by atoms with van der Waals surface area (Å²) in [7, 11) is 0. The summed E-state index contributed by atoms with van der Waals surface area (Å²) in [5, 5.41) is 0. The van der Waals surface area contributed by atoms with Crippen LogP contribution in [0.3, 0.4) is 0 Å². The molecule has 0 aromatic heterocycles. The van der Waals surface area contributed by atoms with Gasteiger partial charge in [0.25, 0.3) is 5.91 Å². The molecule has 2 N–H and O–H groups in total. The van der Waals surface area contributed by atoms with E-state index in [1.807, 2.05) is 30.3 Å². The van der Waals surface area contributed by atoms with Gasteiger partial charge in [0.2, 0.25) is 5.91 Å². The van der Waals surface area contributed by atoms with E-state index in [1.165, 1.54) is 4.90 Å². The van der Waals surface area contributed by atoms with Crippen molar-refractivity contribution in [3.8, 4) is 0 Å². The van der Waals surface area contributed by atoms with Crippen molar-refractivity contribution in [3.63, 3.8) is 0 Å². The Morgan fingerprint density at radius 3 is 2.45 bits per heavy atom. The minimum Gasteiger partial charge on any atom is -0.385 e. The Balaban J connectivity index is 1.70. The second-order valence-corrected chi connectivity index (χ2v) is 5.82. The molecule has 0 unspecified atom stereocenters. The number of hydrogen-bond donors (Lipinski definition) is 1. The summed E-state index contributed by atoms with van der Waals surface area (Å²) in [6.45, 7) is 2.25. The Kier molecular flexibility index (Phi) is 4.13. The molecule has 2 fully saturated rings. The Bertz CT molecular complexity index is 604. The highest BCUT2D eigenvalue weighted by Crippen LogP contribution is 2.23. The molecule has 1 aromatic rings. The van der Waals surface area contributed by atoms with Gasteiger partial charge in [0, 0.05) is 19.6 Å². The molecule has 0 bridgehead atoms. The van der Waals surface area contributed by atoms with Gasteiger partial charge in [-0.3, -0.25) is 14.5 Å². The van der Waals surface area contributed by atoms with Crippen molar-refractivity contribution in [2.24, 2.45) is 5.73 Å². The van der Waals surface area contributed by atoms with E-state index >= 15 is 0 Å². The van der Waals surface area contributed by atoms with Gasteiger partial charge in [-0.2, -0.15) is 0 Å². The SMILES string of the molecule is N/C(=C1/CCN(C(=O)Cc2ccccc2)C1=O)N1CCCC1. The first-order valence-corrected chi connectivity index (χ1v) is 7.79. The summed E-state index contributed by atoms with van der Waals surface area (Å²) in [6.07, 6.45) is 3.03. The highest BCUT2D eigenvalue weighted by Gasteiger charge is 2.34. The van der Waals surface area contributed by atoms with Crippen molar-refractivity contribution in [1.82, 2.24) is 9.80 Å². The molecule has 2 heterocycles. The summed E-state index contributed by atoms with van der Waals surface area (Å²) >= 11 is 0. The molecule has 22 heavy (non-hydrogen) atoms. The van der Waals surface area contributed by atoms with Crippen LogP contribution in [-0.2, 0) is 16.0 Å². The minimum atomic E-state index is -0.217. The van der Waals surface area contributed by atoms with Crippen LogP contribution in [0.2, 0.25) is 0 Å². The van der Waals surface area contributed by atoms with Crippen LogP contribution in [0.4, 0.5) is 0 Å². The van der Waals surface area contributed by atoms with Gasteiger partial charge in [0.05, 0.1) is 12.0 Å². The predicted octanol–water partition coefficient (Wildman–Crippen LogP) is 1.25. The Morgan fingerprint density at radius 2 is 1.77 bits per heavy atom. The predicted molar refractivity (Wildman–Crippen MR) is 83.5 cm³/mol. The van der Waals surface area contributed by atoms with Crippen LogP contribution in [0.25, 0.3) is 0 Å². The molecule has 3 rings (SSSR count). The third kappa shape index (κ3) is 2.84. The van der Waals surface area contributed by atoms with Gasteiger partial charge in [0.15, 0.2) is 0 Å². The normalized spacial score (nSPS) is 20.6. The largest absolute Gasteiger partial charge is 0.385 e. The van der Waals surface area contributed by atoms with Crippen molar-refractivity contribution >= 4 is 11.8 Å². The molecule has 0 radical (unpaired) electrons. The lowest BCUT2D eigenvalue weighted by molar-refractivity contribution is -0.140. The quantitative estimate of drug-likeness (QED) is 0.853. The summed E-state index contributed by atoms with van der Waals surface area (Å²) in [5.41, 5.74) is 7.66. The molecule has 116 valence electrons. The number of nitrogens with zero attached hydrogens (tertiary/aromatic N) is 2. The summed E-state index contributed by atoms with van der Waals surface area (Å²) in [6, 6.07) is 9.49. The number of amides is 2. The number of rotatable bonds is 3. The lowest BCUT2D eigenvalue weighted by Gasteiger charge is -2.19. The first-order chi connectivity index (χ1) is 10.7. The monoisotopic (exact) mass is 299 g/mol.